The van der Waals surface area contributed by atoms with Crippen molar-refractivity contribution in [3.05, 3.63) is 76.9 Å². The lowest BCUT2D eigenvalue weighted by Crippen LogP contribution is -2.10. The van der Waals surface area contributed by atoms with Crippen molar-refractivity contribution in [3.8, 4) is 16.3 Å². The number of nitrogens with zero attached hydrogens (tertiary/aromatic N) is 2. The van der Waals surface area contributed by atoms with Crippen LogP contribution in [0.25, 0.3) is 21.5 Å². The van der Waals surface area contributed by atoms with Gasteiger partial charge in [0.2, 0.25) is 5.91 Å². The van der Waals surface area contributed by atoms with Gasteiger partial charge in [-0.25, -0.2) is 9.78 Å². The number of nitrogens with two attached hydrogens (primary N) is 1. The maximum Gasteiger partial charge on any atom is 0.343 e. The van der Waals surface area contributed by atoms with Gasteiger partial charge in [-0.15, -0.1) is 11.3 Å². The van der Waals surface area contributed by atoms with Gasteiger partial charge in [0.05, 0.1) is 17.8 Å². The van der Waals surface area contributed by atoms with E-state index in [0.29, 0.717) is 11.3 Å². The number of rotatable bonds is 7. The smallest absolute Gasteiger partial charge is 0.343 e. The summed E-state index contributed by atoms with van der Waals surface area (Å²) in [5.41, 5.74) is 8.32. The van der Waals surface area contributed by atoms with Crippen molar-refractivity contribution < 1.29 is 19.1 Å². The number of benzene rings is 2. The number of esters is 1. The predicted molar refractivity (Wildman–Crippen MR) is 118 cm³/mol. The molecule has 0 aliphatic carbocycles. The van der Waals surface area contributed by atoms with Crippen LogP contribution in [0.3, 0.4) is 0 Å². The molecule has 0 radical (unpaired) electrons. The Morgan fingerprint density at radius 1 is 1.10 bits per heavy atom. The molecule has 8 heteroatoms. The Kier molecular flexibility index (Phi) is 5.90. The van der Waals surface area contributed by atoms with Crippen molar-refractivity contribution in [3.63, 3.8) is 0 Å². The highest BCUT2D eigenvalue weighted by Gasteiger charge is 2.18. The highest BCUT2D eigenvalue weighted by molar-refractivity contribution is 7.13. The first-order chi connectivity index (χ1) is 15.1. The van der Waals surface area contributed by atoms with Crippen LogP contribution in [-0.4, -0.2) is 28.5 Å². The number of carbonyl (C=O) groups excluding carboxylic acids is 2. The van der Waals surface area contributed by atoms with Crippen LogP contribution in [0.15, 0.2) is 60.1 Å². The second kappa shape index (κ2) is 8.93. The van der Waals surface area contributed by atoms with Crippen LogP contribution in [0.4, 0.5) is 0 Å². The molecule has 0 atom stereocenters. The molecule has 0 aliphatic heterocycles. The van der Waals surface area contributed by atoms with Gasteiger partial charge in [0.25, 0.3) is 0 Å². The quantitative estimate of drug-likeness (QED) is 0.438. The minimum Gasteiger partial charge on any atom is -0.486 e. The number of ether oxygens (including phenoxy) is 2. The number of primary amides is 1. The average Bonchev–Trinajstić information content (AvgIpc) is 3.26. The average molecular weight is 433 g/mol. The zero-order chi connectivity index (χ0) is 21.8. The number of thiazole rings is 1. The van der Waals surface area contributed by atoms with E-state index >= 15 is 0 Å². The van der Waals surface area contributed by atoms with Crippen molar-refractivity contribution in [2.45, 2.75) is 13.5 Å². The molecule has 4 aromatic rings. The van der Waals surface area contributed by atoms with Crippen LogP contribution >= 0.6 is 11.3 Å². The molecular formula is C23H19N3O4S. The molecule has 31 heavy (non-hydrogen) atoms. The minimum atomic E-state index is -0.482. The van der Waals surface area contributed by atoms with E-state index in [4.69, 9.17) is 15.2 Å². The zero-order valence-electron chi connectivity index (χ0n) is 16.7. The normalized spacial score (nSPS) is 10.7. The van der Waals surface area contributed by atoms with Gasteiger partial charge in [-0.05, 0) is 31.2 Å². The first-order valence-electron chi connectivity index (χ1n) is 9.59. The van der Waals surface area contributed by atoms with E-state index in [0.717, 1.165) is 27.2 Å². The van der Waals surface area contributed by atoms with E-state index in [2.05, 4.69) is 9.97 Å². The van der Waals surface area contributed by atoms with Crippen LogP contribution in [-0.2, 0) is 11.3 Å². The molecule has 4 rings (SSSR count). The van der Waals surface area contributed by atoms with Gasteiger partial charge in [-0.1, -0.05) is 24.3 Å². The fourth-order valence-electron chi connectivity index (χ4n) is 3.05. The lowest BCUT2D eigenvalue weighted by atomic mass is 10.1. The van der Waals surface area contributed by atoms with Crippen molar-refractivity contribution in [1.82, 2.24) is 9.97 Å². The maximum absolute atomic E-state index is 12.4. The Labute approximate surface area is 182 Å². The number of amides is 1. The third kappa shape index (κ3) is 4.39. The van der Waals surface area contributed by atoms with Gasteiger partial charge in [-0.2, -0.15) is 0 Å². The van der Waals surface area contributed by atoms with Gasteiger partial charge in [0.1, 0.15) is 22.9 Å². The Balaban J connectivity index is 1.59. The van der Waals surface area contributed by atoms with Crippen LogP contribution in [0.1, 0.15) is 33.3 Å². The van der Waals surface area contributed by atoms with E-state index in [1.165, 1.54) is 17.5 Å². The molecule has 7 nitrogen and oxygen atoms in total. The summed E-state index contributed by atoms with van der Waals surface area (Å²) in [6.07, 6.45) is 1.47. The monoisotopic (exact) mass is 433 g/mol. The Hall–Kier alpha value is -3.78. The molecule has 2 N–H and O–H groups in total. The minimum absolute atomic E-state index is 0.177. The molecule has 0 spiro atoms. The van der Waals surface area contributed by atoms with Gasteiger partial charge in [0, 0.05) is 28.1 Å². The number of carbonyl (C=O) groups is 2. The van der Waals surface area contributed by atoms with E-state index in [1.54, 1.807) is 31.2 Å². The molecule has 156 valence electrons. The summed E-state index contributed by atoms with van der Waals surface area (Å²) in [5.74, 6) is -0.532. The van der Waals surface area contributed by atoms with E-state index in [9.17, 15) is 9.59 Å². The maximum atomic E-state index is 12.4. The molecule has 0 unspecified atom stereocenters. The van der Waals surface area contributed by atoms with E-state index in [1.807, 2.05) is 29.6 Å². The zero-order valence-corrected chi connectivity index (χ0v) is 17.5. The highest BCUT2D eigenvalue weighted by atomic mass is 32.1. The molecule has 0 bridgehead atoms. The molecule has 0 aliphatic rings. The number of aromatic nitrogens is 2. The number of hydrogen-bond acceptors (Lipinski definition) is 7. The first-order valence-corrected chi connectivity index (χ1v) is 10.5. The lowest BCUT2D eigenvalue weighted by Gasteiger charge is -2.12. The molecule has 0 fully saturated rings. The number of hydrogen-bond donors (Lipinski definition) is 1. The standard InChI is InChI=1S/C23H19N3O4S/c1-2-29-23(28)18-11-25-19-6-4-3-5-17(19)20(18)30-12-16-13-31-22(26-16)15-9-7-14(8-10-15)21(24)27/h3-11,13H,2,12H2,1H3,(H2,24,27). The largest absolute Gasteiger partial charge is 0.486 e. The van der Waals surface area contributed by atoms with Crippen molar-refractivity contribution in [2.75, 3.05) is 6.61 Å². The van der Waals surface area contributed by atoms with Crippen molar-refractivity contribution >= 4 is 34.1 Å². The Bertz CT molecular complexity index is 1250. The number of para-hydroxylation sites is 1. The summed E-state index contributed by atoms with van der Waals surface area (Å²) in [6, 6.07) is 14.4. The van der Waals surface area contributed by atoms with Crippen molar-refractivity contribution in [2.24, 2.45) is 5.73 Å². The summed E-state index contributed by atoms with van der Waals surface area (Å²) in [7, 11) is 0. The molecule has 1 amide bonds. The summed E-state index contributed by atoms with van der Waals surface area (Å²) in [5, 5.41) is 3.41. The molecule has 2 aromatic heterocycles. The predicted octanol–water partition coefficient (Wildman–Crippen LogP) is 4.21. The third-order valence-corrected chi connectivity index (χ3v) is 5.49. The van der Waals surface area contributed by atoms with Crippen LogP contribution in [0.5, 0.6) is 5.75 Å². The Morgan fingerprint density at radius 3 is 2.61 bits per heavy atom. The third-order valence-electron chi connectivity index (χ3n) is 4.55. The van der Waals surface area contributed by atoms with Crippen LogP contribution < -0.4 is 10.5 Å². The van der Waals surface area contributed by atoms with Crippen LogP contribution in [0.2, 0.25) is 0 Å². The molecule has 0 saturated heterocycles. The summed E-state index contributed by atoms with van der Waals surface area (Å²) < 4.78 is 11.2. The fraction of sp³-hybridized carbons (Fsp3) is 0.130. The molecule has 2 aromatic carbocycles. The van der Waals surface area contributed by atoms with E-state index < -0.39 is 11.9 Å². The lowest BCUT2D eigenvalue weighted by molar-refractivity contribution is 0.0521. The first kappa shape index (κ1) is 20.5. The highest BCUT2D eigenvalue weighted by Crippen LogP contribution is 2.30. The van der Waals surface area contributed by atoms with Gasteiger partial charge >= 0.3 is 5.97 Å². The molecule has 0 saturated carbocycles. The molecule has 2 heterocycles. The second-order valence-corrected chi connectivity index (χ2v) is 7.47. The van der Waals surface area contributed by atoms with E-state index in [-0.39, 0.29) is 18.8 Å². The topological polar surface area (TPSA) is 104 Å². The SMILES string of the molecule is CCOC(=O)c1cnc2ccccc2c1OCc1csc(-c2ccc(C(N)=O)cc2)n1. The summed E-state index contributed by atoms with van der Waals surface area (Å²) in [4.78, 5) is 32.6. The molecular weight excluding hydrogens is 414 g/mol. The van der Waals surface area contributed by atoms with Crippen LogP contribution in [0, 0.1) is 0 Å². The Morgan fingerprint density at radius 2 is 1.87 bits per heavy atom. The number of pyridine rings is 1. The van der Waals surface area contributed by atoms with Gasteiger partial charge in [-0.3, -0.25) is 9.78 Å². The van der Waals surface area contributed by atoms with Gasteiger partial charge < -0.3 is 15.2 Å². The van der Waals surface area contributed by atoms with Gasteiger partial charge in [0.15, 0.2) is 0 Å². The summed E-state index contributed by atoms with van der Waals surface area (Å²) >= 11 is 1.46. The summed E-state index contributed by atoms with van der Waals surface area (Å²) in [6.45, 7) is 2.19. The second-order valence-electron chi connectivity index (χ2n) is 6.61. The fourth-order valence-corrected chi connectivity index (χ4v) is 3.87. The van der Waals surface area contributed by atoms with Crippen molar-refractivity contribution in [1.29, 1.82) is 0 Å². The number of fused-ring (bicyclic) bond motifs is 1.